The number of aromatic nitrogens is 1. The molecule has 1 aromatic heterocycles. The fraction of sp³-hybridized carbons (Fsp3) is 0.486. The van der Waals surface area contributed by atoms with Crippen LogP contribution in [0, 0.1) is 11.8 Å². The molecule has 250 valence electrons. The number of amides is 1. The number of fused-ring (bicyclic) bond motifs is 4. The first kappa shape index (κ1) is 32.6. The van der Waals surface area contributed by atoms with E-state index < -0.39 is 27.3 Å². The number of anilines is 1. The molecule has 0 saturated heterocycles. The number of aliphatic hydroxyl groups is 1. The van der Waals surface area contributed by atoms with E-state index in [9.17, 15) is 18.3 Å². The molecule has 3 aromatic rings. The van der Waals surface area contributed by atoms with E-state index in [1.807, 2.05) is 18.2 Å². The lowest BCUT2D eigenvalue weighted by Gasteiger charge is -2.46. The Kier molecular flexibility index (Phi) is 9.12. The molecular formula is C35H40ClN3O6S2. The number of aryl methyl sites for hydroxylation is 1. The highest BCUT2D eigenvalue weighted by Crippen LogP contribution is 2.47. The van der Waals surface area contributed by atoms with E-state index in [0.29, 0.717) is 31.2 Å². The Morgan fingerprint density at radius 1 is 1.21 bits per heavy atom. The molecule has 0 unspecified atom stereocenters. The normalized spacial score (nSPS) is 30.1. The van der Waals surface area contributed by atoms with E-state index in [2.05, 4.69) is 26.7 Å². The van der Waals surface area contributed by atoms with E-state index in [1.165, 1.54) is 28.7 Å². The average Bonchev–Trinajstić information content (AvgIpc) is 3.54. The van der Waals surface area contributed by atoms with Gasteiger partial charge in [0.05, 0.1) is 18.4 Å². The third kappa shape index (κ3) is 6.33. The lowest BCUT2D eigenvalue weighted by atomic mass is 9.68. The summed E-state index contributed by atoms with van der Waals surface area (Å²) in [5, 5.41) is 12.6. The summed E-state index contributed by atoms with van der Waals surface area (Å²) < 4.78 is 42.3. The number of ether oxygens (including phenoxy) is 2. The van der Waals surface area contributed by atoms with Crippen molar-refractivity contribution in [1.29, 1.82) is 0 Å². The first-order chi connectivity index (χ1) is 22.7. The molecule has 2 aromatic carbocycles. The van der Waals surface area contributed by atoms with Gasteiger partial charge in [-0.3, -0.25) is 4.79 Å². The zero-order chi connectivity index (χ0) is 32.8. The van der Waals surface area contributed by atoms with Crippen molar-refractivity contribution in [3.63, 3.8) is 0 Å². The molecule has 2 aliphatic heterocycles. The zero-order valence-electron chi connectivity index (χ0n) is 26.3. The van der Waals surface area contributed by atoms with Crippen LogP contribution in [-0.2, 0) is 26.6 Å². The summed E-state index contributed by atoms with van der Waals surface area (Å²) in [5.41, 5.74) is 3.21. The number of thiazole rings is 1. The van der Waals surface area contributed by atoms with Crippen molar-refractivity contribution >= 4 is 44.6 Å². The minimum absolute atomic E-state index is 0.102. The zero-order valence-corrected chi connectivity index (χ0v) is 28.7. The Morgan fingerprint density at radius 3 is 2.85 bits per heavy atom. The number of aliphatic hydroxyl groups excluding tert-OH is 1. The molecule has 9 nitrogen and oxygen atoms in total. The Balaban J connectivity index is 1.29. The van der Waals surface area contributed by atoms with E-state index in [1.54, 1.807) is 30.7 Å². The summed E-state index contributed by atoms with van der Waals surface area (Å²) in [7, 11) is -2.59. The third-order valence-corrected chi connectivity index (χ3v) is 13.4. The fourth-order valence-corrected chi connectivity index (χ4v) is 10.4. The Bertz CT molecular complexity index is 1770. The maximum absolute atomic E-state index is 13.7. The van der Waals surface area contributed by atoms with Crippen LogP contribution in [0.2, 0.25) is 5.02 Å². The number of hydrogen-bond donors (Lipinski definition) is 2. The number of hydrogen-bond acceptors (Lipinski definition) is 9. The summed E-state index contributed by atoms with van der Waals surface area (Å²) in [6, 6.07) is 11.3. The average molecular weight is 698 g/mol. The summed E-state index contributed by atoms with van der Waals surface area (Å²) in [4.78, 5) is 20.2. The number of methoxy groups -OCH3 is 1. The highest BCUT2D eigenvalue weighted by Gasteiger charge is 2.45. The molecule has 3 heterocycles. The number of carbonyl (C=O) groups excluding carboxylic acids is 1. The van der Waals surface area contributed by atoms with Crippen molar-refractivity contribution in [1.82, 2.24) is 9.71 Å². The number of carbonyl (C=O) groups is 1. The van der Waals surface area contributed by atoms with Crippen LogP contribution in [0.15, 0.2) is 60.1 Å². The van der Waals surface area contributed by atoms with Gasteiger partial charge in [-0.2, -0.15) is 0 Å². The molecule has 4 aliphatic rings. The van der Waals surface area contributed by atoms with Gasteiger partial charge in [-0.1, -0.05) is 29.8 Å². The maximum Gasteiger partial charge on any atom is 0.264 e. The van der Waals surface area contributed by atoms with Crippen LogP contribution in [0.4, 0.5) is 5.69 Å². The third-order valence-electron chi connectivity index (χ3n) is 10.6. The van der Waals surface area contributed by atoms with E-state index in [0.717, 1.165) is 49.4 Å². The number of halogens is 1. The lowest BCUT2D eigenvalue weighted by molar-refractivity contribution is 0.0131. The molecule has 1 spiro atoms. The van der Waals surface area contributed by atoms with E-state index >= 15 is 0 Å². The van der Waals surface area contributed by atoms with Gasteiger partial charge in [-0.15, -0.1) is 11.3 Å². The topological polar surface area (TPSA) is 118 Å². The van der Waals surface area contributed by atoms with Gasteiger partial charge in [-0.05, 0) is 98.2 Å². The predicted molar refractivity (Wildman–Crippen MR) is 183 cm³/mol. The lowest BCUT2D eigenvalue weighted by Crippen LogP contribution is -2.49. The van der Waals surface area contributed by atoms with Gasteiger partial charge in [0.25, 0.3) is 5.91 Å². The second kappa shape index (κ2) is 13.2. The van der Waals surface area contributed by atoms with Crippen LogP contribution >= 0.6 is 22.9 Å². The van der Waals surface area contributed by atoms with Gasteiger partial charge in [0.1, 0.15) is 22.1 Å². The number of benzene rings is 2. The molecule has 2 N–H and O–H groups in total. The summed E-state index contributed by atoms with van der Waals surface area (Å²) in [6.45, 7) is 1.93. The van der Waals surface area contributed by atoms with Crippen molar-refractivity contribution in [3.8, 4) is 5.75 Å². The second-order valence-electron chi connectivity index (χ2n) is 13.3. The Labute approximate surface area is 285 Å². The second-order valence-corrected chi connectivity index (χ2v) is 16.6. The van der Waals surface area contributed by atoms with Crippen molar-refractivity contribution < 1.29 is 27.8 Å². The number of allylic oxidation sites excluding steroid dienone is 1. The quantitative estimate of drug-likeness (QED) is 0.329. The summed E-state index contributed by atoms with van der Waals surface area (Å²) in [5.74, 6) is 0.562. The smallest absolute Gasteiger partial charge is 0.264 e. The van der Waals surface area contributed by atoms with Crippen molar-refractivity contribution in [2.24, 2.45) is 11.8 Å². The van der Waals surface area contributed by atoms with Crippen LogP contribution in [0.3, 0.4) is 0 Å². The van der Waals surface area contributed by atoms with Crippen LogP contribution in [-0.4, -0.2) is 62.6 Å². The molecule has 1 amide bonds. The molecule has 12 heteroatoms. The number of nitrogens with one attached hydrogen (secondary N) is 1. The molecule has 47 heavy (non-hydrogen) atoms. The molecule has 0 radical (unpaired) electrons. The van der Waals surface area contributed by atoms with Crippen molar-refractivity contribution in [2.75, 3.05) is 31.7 Å². The van der Waals surface area contributed by atoms with Gasteiger partial charge < -0.3 is 19.5 Å². The maximum atomic E-state index is 13.7. The van der Waals surface area contributed by atoms with Gasteiger partial charge in [0.15, 0.2) is 0 Å². The first-order valence-corrected chi connectivity index (χ1v) is 19.1. The summed E-state index contributed by atoms with van der Waals surface area (Å²) in [6.07, 6.45) is 9.49. The minimum Gasteiger partial charge on any atom is -0.490 e. The molecule has 2 bridgehead atoms. The number of nitrogens with zero attached hydrogens (tertiary/aromatic N) is 2. The Hall–Kier alpha value is -2.96. The van der Waals surface area contributed by atoms with Gasteiger partial charge in [-0.25, -0.2) is 18.1 Å². The largest absolute Gasteiger partial charge is 0.490 e. The Morgan fingerprint density at radius 2 is 2.09 bits per heavy atom. The minimum atomic E-state index is -4.31. The van der Waals surface area contributed by atoms with E-state index in [-0.39, 0.29) is 34.4 Å². The predicted octanol–water partition coefficient (Wildman–Crippen LogP) is 5.82. The SMILES string of the molecule is CO[C@H]1/C=C\CC[C@@H]([C@@H](O)c2nccs2)S(=O)(=O)NC(=O)c2ccc3c(c2)N(C[C@@H]2CC[C@H]21)C[C@@]1(CCCc2cc(Cl)ccc21)CO3. The number of sulfonamides is 1. The standard InChI is InChI=1S/C35H40ClN3O6S2/c1-44-29-6-2-3-7-31(32(40)34-37-15-16-46-34)47(42,43)38-33(41)23-9-13-30-28(18-23)39(19-24-8-11-26(24)29)20-35(21-45-30)14-4-5-22-17-25(36)10-12-27(22)35/h2,6,9-10,12-13,15-18,24,26,29,31-32,40H,3-5,7-8,11,14,19-21H2,1H3,(H,38,41)/b6-2-/t24-,26+,29-,31-,32+,35-/m0/s1. The first-order valence-electron chi connectivity index (χ1n) is 16.3. The highest BCUT2D eigenvalue weighted by atomic mass is 35.5. The van der Waals surface area contributed by atoms with Crippen molar-refractivity contribution in [2.45, 2.75) is 67.8 Å². The van der Waals surface area contributed by atoms with Crippen LogP contribution in [0.5, 0.6) is 5.75 Å². The van der Waals surface area contributed by atoms with Gasteiger partial charge in [0.2, 0.25) is 10.0 Å². The van der Waals surface area contributed by atoms with E-state index in [4.69, 9.17) is 21.1 Å². The highest BCUT2D eigenvalue weighted by molar-refractivity contribution is 7.90. The molecule has 2 aliphatic carbocycles. The molecule has 7 rings (SSSR count). The molecule has 1 saturated carbocycles. The van der Waals surface area contributed by atoms with Crippen molar-refractivity contribution in [3.05, 3.63) is 86.8 Å². The molecule has 6 atom stereocenters. The fourth-order valence-electron chi connectivity index (χ4n) is 7.97. The van der Waals surface area contributed by atoms with Crippen LogP contribution in [0.1, 0.15) is 71.1 Å². The van der Waals surface area contributed by atoms with Crippen LogP contribution in [0.25, 0.3) is 0 Å². The number of rotatable bonds is 3. The summed E-state index contributed by atoms with van der Waals surface area (Å²) >= 11 is 7.60. The van der Waals surface area contributed by atoms with Crippen LogP contribution < -0.4 is 14.4 Å². The molecule has 1 fully saturated rings. The molecular weight excluding hydrogens is 658 g/mol. The monoisotopic (exact) mass is 697 g/mol. The van der Waals surface area contributed by atoms with Gasteiger partial charge >= 0.3 is 0 Å². The van der Waals surface area contributed by atoms with Gasteiger partial charge in [0, 0.05) is 47.8 Å².